The minimum atomic E-state index is -6.32. The summed E-state index contributed by atoms with van der Waals surface area (Å²) in [5, 5.41) is 0. The van der Waals surface area contributed by atoms with Crippen LogP contribution in [0.5, 0.6) is 0 Å². The Labute approximate surface area is 84.4 Å². The predicted octanol–water partition coefficient (Wildman–Crippen LogP) is 4.11. The van der Waals surface area contributed by atoms with Crippen LogP contribution in [0.25, 0.3) is 0 Å². The molecule has 0 aromatic carbocycles. The van der Waals surface area contributed by atoms with E-state index in [0.29, 0.717) is 0 Å². The first-order valence-corrected chi connectivity index (χ1v) is 3.80. The van der Waals surface area contributed by atoms with Gasteiger partial charge in [-0.05, 0) is 13.8 Å². The van der Waals surface area contributed by atoms with Gasteiger partial charge in [0.1, 0.15) is 5.41 Å². The molecule has 0 nitrogen and oxygen atoms in total. The molecule has 16 heavy (non-hydrogen) atoms. The van der Waals surface area contributed by atoms with Crippen LogP contribution in [0.1, 0.15) is 13.8 Å². The number of hydrogen-bond acceptors (Lipinski definition) is 0. The Balaban J connectivity index is 5.53. The largest absolute Gasteiger partial charge is 0.454 e. The first-order valence-electron chi connectivity index (χ1n) is 3.80. The monoisotopic (exact) mass is 262 g/mol. The van der Waals surface area contributed by atoms with E-state index < -0.39 is 29.9 Å². The second-order valence-corrected chi connectivity index (χ2v) is 3.62. The zero-order valence-electron chi connectivity index (χ0n) is 7.98. The molecule has 0 N–H and O–H groups in total. The summed E-state index contributed by atoms with van der Waals surface area (Å²) >= 11 is 0. The molecule has 0 aliphatic carbocycles. The number of hydrogen-bond donors (Lipinski definition) is 0. The van der Waals surface area contributed by atoms with Crippen molar-refractivity contribution >= 4 is 0 Å². The van der Waals surface area contributed by atoms with E-state index in [1.807, 2.05) is 0 Å². The van der Waals surface area contributed by atoms with Crippen LogP contribution in [-0.2, 0) is 0 Å². The summed E-state index contributed by atoms with van der Waals surface area (Å²) in [5.41, 5.74) is -4.24. The van der Waals surface area contributed by atoms with Gasteiger partial charge in [0.2, 0.25) is 0 Å². The van der Waals surface area contributed by atoms with Crippen molar-refractivity contribution in [3.05, 3.63) is 0 Å². The Kier molecular flexibility index (Phi) is 3.55. The maximum absolute atomic E-state index is 12.6. The van der Waals surface area contributed by atoms with Crippen molar-refractivity contribution in [2.75, 3.05) is 0 Å². The van der Waals surface area contributed by atoms with E-state index in [-0.39, 0.29) is 13.8 Å². The Hall–Kier alpha value is -0.630. The highest BCUT2D eigenvalue weighted by Gasteiger charge is 2.76. The lowest BCUT2D eigenvalue weighted by Crippen LogP contribution is -2.59. The first kappa shape index (κ1) is 15.4. The molecular formula is C7H7F9. The van der Waals surface area contributed by atoms with E-state index in [0.717, 1.165) is 0 Å². The van der Waals surface area contributed by atoms with Gasteiger partial charge in [-0.1, -0.05) is 0 Å². The second-order valence-electron chi connectivity index (χ2n) is 3.62. The van der Waals surface area contributed by atoms with Crippen molar-refractivity contribution in [1.82, 2.24) is 0 Å². The van der Waals surface area contributed by atoms with Crippen LogP contribution in [-0.4, -0.2) is 24.4 Å². The number of rotatable bonds is 3. The van der Waals surface area contributed by atoms with Crippen LogP contribution in [0, 0.1) is 5.41 Å². The zero-order valence-corrected chi connectivity index (χ0v) is 7.98. The van der Waals surface area contributed by atoms with Gasteiger partial charge < -0.3 is 0 Å². The minimum absolute atomic E-state index is 0.257. The van der Waals surface area contributed by atoms with Crippen molar-refractivity contribution in [1.29, 1.82) is 0 Å². The van der Waals surface area contributed by atoms with E-state index in [9.17, 15) is 39.5 Å². The predicted molar refractivity (Wildman–Crippen MR) is 35.7 cm³/mol. The fourth-order valence-electron chi connectivity index (χ4n) is 0.836. The number of alkyl halides is 9. The lowest BCUT2D eigenvalue weighted by molar-refractivity contribution is -0.366. The van der Waals surface area contributed by atoms with Gasteiger partial charge in [-0.15, -0.1) is 0 Å². The summed E-state index contributed by atoms with van der Waals surface area (Å²) in [6, 6.07) is 0. The van der Waals surface area contributed by atoms with Crippen molar-refractivity contribution in [3.8, 4) is 0 Å². The summed E-state index contributed by atoms with van der Waals surface area (Å²) in [6.07, 6.45) is -10.9. The molecule has 0 saturated heterocycles. The molecule has 0 heterocycles. The van der Waals surface area contributed by atoms with Gasteiger partial charge in [-0.25, -0.2) is 8.78 Å². The van der Waals surface area contributed by atoms with E-state index in [2.05, 4.69) is 0 Å². The molecule has 0 aliphatic heterocycles. The third-order valence-corrected chi connectivity index (χ3v) is 2.25. The average Bonchev–Trinajstić information content (AvgIpc) is 2.00. The van der Waals surface area contributed by atoms with Gasteiger partial charge in [0.05, 0.1) is 0 Å². The smallest absolute Gasteiger partial charge is 0.204 e. The Morgan fingerprint density at radius 2 is 1.06 bits per heavy atom. The Bertz CT molecular complexity index is 249. The van der Waals surface area contributed by atoms with Gasteiger partial charge in [-0.3, -0.25) is 0 Å². The van der Waals surface area contributed by atoms with Gasteiger partial charge in [0.25, 0.3) is 0 Å². The van der Waals surface area contributed by atoms with Crippen molar-refractivity contribution in [3.63, 3.8) is 0 Å². The molecule has 0 aromatic heterocycles. The van der Waals surface area contributed by atoms with Crippen molar-refractivity contribution in [2.45, 2.75) is 38.3 Å². The molecule has 0 fully saturated rings. The van der Waals surface area contributed by atoms with Crippen LogP contribution in [0.4, 0.5) is 39.5 Å². The van der Waals surface area contributed by atoms with Gasteiger partial charge in [0.15, 0.2) is 0 Å². The molecule has 0 atom stereocenters. The third kappa shape index (κ3) is 1.95. The van der Waals surface area contributed by atoms with Crippen LogP contribution < -0.4 is 0 Å². The summed E-state index contributed by atoms with van der Waals surface area (Å²) in [7, 11) is 0. The highest BCUT2D eigenvalue weighted by atomic mass is 19.4. The summed E-state index contributed by atoms with van der Waals surface area (Å²) in [5.74, 6) is -11.4. The average molecular weight is 262 g/mol. The molecule has 0 amide bonds. The second kappa shape index (κ2) is 3.69. The van der Waals surface area contributed by atoms with E-state index in [1.54, 1.807) is 0 Å². The lowest BCUT2D eigenvalue weighted by Gasteiger charge is -2.40. The topological polar surface area (TPSA) is 0 Å². The minimum Gasteiger partial charge on any atom is -0.204 e. The molecule has 0 saturated carbocycles. The SMILES string of the molecule is CC(C)(C(F)(F)C(F)F)C(F)(F)C(F)(F)F. The highest BCUT2D eigenvalue weighted by Crippen LogP contribution is 2.56. The Morgan fingerprint density at radius 3 is 1.25 bits per heavy atom. The third-order valence-electron chi connectivity index (χ3n) is 2.25. The van der Waals surface area contributed by atoms with Gasteiger partial charge in [-0.2, -0.15) is 30.7 Å². The van der Waals surface area contributed by atoms with Crippen molar-refractivity contribution < 1.29 is 39.5 Å². The summed E-state index contributed by atoms with van der Waals surface area (Å²) in [4.78, 5) is 0. The maximum atomic E-state index is 12.6. The highest BCUT2D eigenvalue weighted by molar-refractivity contribution is 5.01. The lowest BCUT2D eigenvalue weighted by atomic mass is 9.78. The molecule has 0 unspecified atom stereocenters. The molecule has 0 bridgehead atoms. The van der Waals surface area contributed by atoms with Gasteiger partial charge >= 0.3 is 24.4 Å². The molecule has 98 valence electrons. The normalized spacial score (nSPS) is 15.8. The molecule has 0 aliphatic rings. The summed E-state index contributed by atoms with van der Waals surface area (Å²) < 4.78 is 109. The number of halogens is 9. The zero-order chi connectivity index (χ0) is 13.6. The molecular weight excluding hydrogens is 255 g/mol. The van der Waals surface area contributed by atoms with E-state index in [4.69, 9.17) is 0 Å². The van der Waals surface area contributed by atoms with Crippen LogP contribution in [0.3, 0.4) is 0 Å². The maximum Gasteiger partial charge on any atom is 0.454 e. The first-order chi connectivity index (χ1) is 6.69. The fraction of sp³-hybridized carbons (Fsp3) is 1.00. The van der Waals surface area contributed by atoms with Crippen LogP contribution in [0.2, 0.25) is 0 Å². The standard InChI is InChI=1S/C7H7F9/c1-4(2,5(10,11)3(8)9)6(12,13)7(14,15)16/h3H,1-2H3. The quantitative estimate of drug-likeness (QED) is 0.671. The molecule has 0 rings (SSSR count). The van der Waals surface area contributed by atoms with E-state index in [1.165, 1.54) is 0 Å². The van der Waals surface area contributed by atoms with Crippen LogP contribution in [0.15, 0.2) is 0 Å². The molecule has 0 aromatic rings. The summed E-state index contributed by atoms with van der Waals surface area (Å²) in [6.45, 7) is -0.515. The fourth-order valence-corrected chi connectivity index (χ4v) is 0.836. The van der Waals surface area contributed by atoms with E-state index >= 15 is 0 Å². The Morgan fingerprint density at radius 1 is 0.750 bits per heavy atom. The van der Waals surface area contributed by atoms with Crippen molar-refractivity contribution in [2.24, 2.45) is 5.41 Å². The molecule has 0 radical (unpaired) electrons. The molecule has 9 heteroatoms. The van der Waals surface area contributed by atoms with Gasteiger partial charge in [0, 0.05) is 0 Å². The van der Waals surface area contributed by atoms with Crippen LogP contribution >= 0.6 is 0 Å². The molecule has 0 spiro atoms.